The van der Waals surface area contributed by atoms with Gasteiger partial charge in [-0.1, -0.05) is 36.8 Å². The van der Waals surface area contributed by atoms with E-state index in [0.29, 0.717) is 12.5 Å². The third-order valence-corrected chi connectivity index (χ3v) is 5.86. The Hall–Kier alpha value is -1.61. The van der Waals surface area contributed by atoms with Crippen LogP contribution in [-0.2, 0) is 9.53 Å². The standard InChI is InChI=1S/C17H17NO2/c19-15-17-9-4-7-13(17)14-8-10-16(17,20-14)11-18(15)12-5-2-1-3-6-12/h1-3,5-6,8,10,13-14H,4,7,9,11H2. The molecule has 4 aliphatic rings. The number of anilines is 1. The summed E-state index contributed by atoms with van der Waals surface area (Å²) >= 11 is 0. The van der Waals surface area contributed by atoms with Crippen LogP contribution in [0.4, 0.5) is 5.69 Å². The Kier molecular flexibility index (Phi) is 1.85. The highest BCUT2D eigenvalue weighted by Gasteiger charge is 2.76. The zero-order valence-corrected chi connectivity index (χ0v) is 11.3. The molecule has 1 aromatic rings. The summed E-state index contributed by atoms with van der Waals surface area (Å²) in [6.07, 6.45) is 7.82. The van der Waals surface area contributed by atoms with E-state index < -0.39 is 0 Å². The van der Waals surface area contributed by atoms with E-state index >= 15 is 0 Å². The lowest BCUT2D eigenvalue weighted by Crippen LogP contribution is -2.46. The Balaban J connectivity index is 1.66. The summed E-state index contributed by atoms with van der Waals surface area (Å²) in [6, 6.07) is 10.0. The molecule has 2 saturated heterocycles. The SMILES string of the molecule is O=C1N(c2ccccc2)CC23C=CC(O2)C2CCCC123. The maximum Gasteiger partial charge on any atom is 0.237 e. The second-order valence-corrected chi connectivity index (χ2v) is 6.53. The summed E-state index contributed by atoms with van der Waals surface area (Å²) < 4.78 is 6.29. The Morgan fingerprint density at radius 2 is 2.10 bits per heavy atom. The van der Waals surface area contributed by atoms with Crippen molar-refractivity contribution in [1.29, 1.82) is 0 Å². The van der Waals surface area contributed by atoms with E-state index in [9.17, 15) is 4.79 Å². The van der Waals surface area contributed by atoms with Gasteiger partial charge in [0.25, 0.3) is 0 Å². The van der Waals surface area contributed by atoms with Crippen molar-refractivity contribution in [3.05, 3.63) is 42.5 Å². The van der Waals surface area contributed by atoms with Gasteiger partial charge >= 0.3 is 0 Å². The Morgan fingerprint density at radius 3 is 2.95 bits per heavy atom. The van der Waals surface area contributed by atoms with Gasteiger partial charge in [0.15, 0.2) is 0 Å². The average molecular weight is 267 g/mol. The van der Waals surface area contributed by atoms with Gasteiger partial charge in [0, 0.05) is 11.6 Å². The molecule has 3 heterocycles. The lowest BCUT2D eigenvalue weighted by molar-refractivity contribution is -0.129. The molecule has 1 aliphatic carbocycles. The molecule has 3 heteroatoms. The van der Waals surface area contributed by atoms with Crippen LogP contribution in [0.25, 0.3) is 0 Å². The second-order valence-electron chi connectivity index (χ2n) is 6.53. The van der Waals surface area contributed by atoms with E-state index in [1.165, 1.54) is 0 Å². The number of carbonyl (C=O) groups is 1. The van der Waals surface area contributed by atoms with Crippen LogP contribution in [0, 0.1) is 11.3 Å². The molecule has 4 atom stereocenters. The monoisotopic (exact) mass is 267 g/mol. The zero-order chi connectivity index (χ0) is 13.4. The minimum atomic E-state index is -0.355. The van der Waals surface area contributed by atoms with Crippen molar-refractivity contribution in [2.75, 3.05) is 11.4 Å². The average Bonchev–Trinajstić information content (AvgIpc) is 3.19. The molecule has 0 aromatic heterocycles. The summed E-state index contributed by atoms with van der Waals surface area (Å²) in [4.78, 5) is 15.1. The van der Waals surface area contributed by atoms with Crippen LogP contribution < -0.4 is 4.90 Å². The lowest BCUT2D eigenvalue weighted by Gasteiger charge is -2.33. The first-order valence-corrected chi connectivity index (χ1v) is 7.51. The first kappa shape index (κ1) is 11.1. The fraction of sp³-hybridized carbons (Fsp3) is 0.471. The molecular formula is C17H17NO2. The second kappa shape index (κ2) is 3.34. The minimum Gasteiger partial charge on any atom is -0.360 e. The van der Waals surface area contributed by atoms with Crippen molar-refractivity contribution in [2.45, 2.75) is 31.0 Å². The van der Waals surface area contributed by atoms with Crippen LogP contribution in [0.15, 0.2) is 42.5 Å². The third kappa shape index (κ3) is 0.997. The number of nitrogens with zero attached hydrogens (tertiary/aromatic N) is 1. The number of hydrogen-bond donors (Lipinski definition) is 0. The van der Waals surface area contributed by atoms with Crippen LogP contribution >= 0.6 is 0 Å². The summed E-state index contributed by atoms with van der Waals surface area (Å²) in [7, 11) is 0. The Morgan fingerprint density at radius 1 is 1.25 bits per heavy atom. The van der Waals surface area contributed by atoms with Gasteiger partial charge in [-0.05, 0) is 25.0 Å². The molecule has 1 amide bonds. The minimum absolute atomic E-state index is 0.180. The normalized spacial score (nSPS) is 44.2. The zero-order valence-electron chi connectivity index (χ0n) is 11.3. The van der Waals surface area contributed by atoms with Gasteiger partial charge in [0.2, 0.25) is 5.91 Å². The van der Waals surface area contributed by atoms with Crippen molar-refractivity contribution in [3.8, 4) is 0 Å². The van der Waals surface area contributed by atoms with Crippen LogP contribution in [0.3, 0.4) is 0 Å². The highest BCUT2D eigenvalue weighted by Crippen LogP contribution is 2.66. The highest BCUT2D eigenvalue weighted by atomic mass is 16.5. The number of amides is 1. The number of fused-ring (bicyclic) bond motifs is 2. The van der Waals surface area contributed by atoms with E-state index in [4.69, 9.17) is 4.74 Å². The van der Waals surface area contributed by atoms with Gasteiger partial charge in [-0.2, -0.15) is 0 Å². The molecule has 1 saturated carbocycles. The molecule has 2 spiro atoms. The van der Waals surface area contributed by atoms with E-state index in [0.717, 1.165) is 24.9 Å². The summed E-state index contributed by atoms with van der Waals surface area (Å²) in [6.45, 7) is 0.680. The van der Waals surface area contributed by atoms with Crippen molar-refractivity contribution in [3.63, 3.8) is 0 Å². The molecule has 0 N–H and O–H groups in total. The smallest absolute Gasteiger partial charge is 0.237 e. The van der Waals surface area contributed by atoms with Crippen LogP contribution in [0.5, 0.6) is 0 Å². The van der Waals surface area contributed by atoms with Crippen molar-refractivity contribution >= 4 is 11.6 Å². The molecule has 1 aromatic carbocycles. The fourth-order valence-electron chi connectivity index (χ4n) is 5.09. The molecule has 0 radical (unpaired) electrons. The van der Waals surface area contributed by atoms with E-state index in [2.05, 4.69) is 12.2 Å². The first-order chi connectivity index (χ1) is 9.77. The number of ether oxygens (including phenoxy) is 1. The van der Waals surface area contributed by atoms with Gasteiger partial charge in [0.05, 0.1) is 18.1 Å². The maximum absolute atomic E-state index is 13.2. The predicted octanol–water partition coefficient (Wildman–Crippen LogP) is 2.53. The maximum atomic E-state index is 13.2. The number of carbonyl (C=O) groups excluding carboxylic acids is 1. The van der Waals surface area contributed by atoms with Crippen molar-refractivity contribution < 1.29 is 9.53 Å². The molecule has 3 fully saturated rings. The molecule has 2 bridgehead atoms. The lowest BCUT2D eigenvalue weighted by atomic mass is 9.65. The number of para-hydroxylation sites is 1. The number of rotatable bonds is 1. The van der Waals surface area contributed by atoms with Crippen molar-refractivity contribution in [1.82, 2.24) is 0 Å². The largest absolute Gasteiger partial charge is 0.360 e. The van der Waals surface area contributed by atoms with Gasteiger partial charge in [-0.25, -0.2) is 0 Å². The summed E-state index contributed by atoms with van der Waals surface area (Å²) in [5, 5.41) is 0. The molecule has 102 valence electrons. The molecule has 3 aliphatic heterocycles. The van der Waals surface area contributed by atoms with E-state index in [1.807, 2.05) is 35.2 Å². The molecule has 4 unspecified atom stereocenters. The summed E-state index contributed by atoms with van der Waals surface area (Å²) in [5.41, 5.74) is 0.371. The molecule has 20 heavy (non-hydrogen) atoms. The van der Waals surface area contributed by atoms with E-state index in [1.54, 1.807) is 0 Å². The van der Waals surface area contributed by atoms with Crippen molar-refractivity contribution in [2.24, 2.45) is 11.3 Å². The van der Waals surface area contributed by atoms with Crippen LogP contribution in [0.2, 0.25) is 0 Å². The highest BCUT2D eigenvalue weighted by molar-refractivity contribution is 6.03. The van der Waals surface area contributed by atoms with Gasteiger partial charge in [0.1, 0.15) is 5.60 Å². The van der Waals surface area contributed by atoms with Gasteiger partial charge in [-0.15, -0.1) is 0 Å². The molecule has 5 rings (SSSR count). The number of benzene rings is 1. The summed E-state index contributed by atoms with van der Waals surface area (Å²) in [5.74, 6) is 0.687. The van der Waals surface area contributed by atoms with Crippen LogP contribution in [-0.4, -0.2) is 24.2 Å². The van der Waals surface area contributed by atoms with Crippen LogP contribution in [0.1, 0.15) is 19.3 Å². The van der Waals surface area contributed by atoms with Gasteiger partial charge in [-0.3, -0.25) is 4.79 Å². The quantitative estimate of drug-likeness (QED) is 0.732. The number of hydrogen-bond acceptors (Lipinski definition) is 2. The molecular weight excluding hydrogens is 250 g/mol. The fourth-order valence-corrected chi connectivity index (χ4v) is 5.09. The van der Waals surface area contributed by atoms with Gasteiger partial charge < -0.3 is 9.64 Å². The topological polar surface area (TPSA) is 29.5 Å². The van der Waals surface area contributed by atoms with E-state index in [-0.39, 0.29) is 23.0 Å². The predicted molar refractivity (Wildman–Crippen MR) is 75.3 cm³/mol. The Labute approximate surface area is 118 Å². The first-order valence-electron chi connectivity index (χ1n) is 7.51. The third-order valence-electron chi connectivity index (χ3n) is 5.86. The molecule has 3 nitrogen and oxygen atoms in total. The Bertz CT molecular complexity index is 625.